The van der Waals surface area contributed by atoms with E-state index in [-0.39, 0.29) is 4.90 Å². The van der Waals surface area contributed by atoms with Crippen molar-refractivity contribution >= 4 is 15.7 Å². The van der Waals surface area contributed by atoms with E-state index in [0.29, 0.717) is 0 Å². The number of hydrogen-bond acceptors (Lipinski definition) is 5. The molecule has 1 unspecified atom stereocenters. The molecular formula is C16H26N4O2S. The zero-order valence-corrected chi connectivity index (χ0v) is 14.3. The van der Waals surface area contributed by atoms with Crippen LogP contribution in [-0.2, 0) is 10.0 Å². The summed E-state index contributed by atoms with van der Waals surface area (Å²) in [7, 11) is -3.61. The van der Waals surface area contributed by atoms with Crippen LogP contribution < -0.4 is 15.4 Å². The van der Waals surface area contributed by atoms with Gasteiger partial charge in [-0.2, -0.15) is 0 Å². The van der Waals surface area contributed by atoms with E-state index in [1.54, 1.807) is 12.1 Å². The molecule has 1 aromatic carbocycles. The molecule has 2 aliphatic rings. The maximum absolute atomic E-state index is 11.3. The number of benzene rings is 1. The molecule has 0 aliphatic carbocycles. The number of primary sulfonamides is 1. The van der Waals surface area contributed by atoms with Crippen molar-refractivity contribution in [3.63, 3.8) is 0 Å². The van der Waals surface area contributed by atoms with Crippen LogP contribution in [0.15, 0.2) is 29.2 Å². The summed E-state index contributed by atoms with van der Waals surface area (Å²) >= 11 is 0. The second-order valence-corrected chi connectivity index (χ2v) is 8.10. The molecule has 2 fully saturated rings. The van der Waals surface area contributed by atoms with E-state index in [0.717, 1.165) is 44.3 Å². The zero-order chi connectivity index (χ0) is 16.3. The van der Waals surface area contributed by atoms with Crippen LogP contribution in [0.5, 0.6) is 0 Å². The van der Waals surface area contributed by atoms with Crippen molar-refractivity contribution < 1.29 is 8.42 Å². The first-order valence-electron chi connectivity index (χ1n) is 8.33. The molecule has 0 amide bonds. The van der Waals surface area contributed by atoms with Crippen LogP contribution in [0.1, 0.15) is 12.8 Å². The third-order valence-corrected chi connectivity index (χ3v) is 5.75. The molecule has 6 nitrogen and oxygen atoms in total. The molecule has 2 saturated heterocycles. The highest BCUT2D eigenvalue weighted by atomic mass is 32.2. The maximum atomic E-state index is 11.3. The topological polar surface area (TPSA) is 78.7 Å². The number of anilines is 1. The average molecular weight is 338 g/mol. The van der Waals surface area contributed by atoms with Crippen LogP contribution in [0.3, 0.4) is 0 Å². The summed E-state index contributed by atoms with van der Waals surface area (Å²) in [6, 6.07) is 6.87. The number of piperidine rings is 1. The molecule has 7 heteroatoms. The monoisotopic (exact) mass is 338 g/mol. The number of nitrogens with one attached hydrogen (secondary N) is 1. The van der Waals surface area contributed by atoms with Crippen molar-refractivity contribution in [3.05, 3.63) is 24.3 Å². The summed E-state index contributed by atoms with van der Waals surface area (Å²) < 4.78 is 22.6. The lowest BCUT2D eigenvalue weighted by Crippen LogP contribution is -2.49. The predicted molar refractivity (Wildman–Crippen MR) is 92.1 cm³/mol. The molecule has 0 spiro atoms. The number of nitrogens with zero attached hydrogens (tertiary/aromatic N) is 2. The van der Waals surface area contributed by atoms with E-state index < -0.39 is 10.0 Å². The minimum absolute atomic E-state index is 0.171. The Balaban J connectivity index is 1.52. The fourth-order valence-electron chi connectivity index (χ4n) is 3.48. The largest absolute Gasteiger partial charge is 0.369 e. The predicted octanol–water partition coefficient (Wildman–Crippen LogP) is 0.456. The third kappa shape index (κ3) is 4.44. The van der Waals surface area contributed by atoms with Crippen LogP contribution in [0.2, 0.25) is 0 Å². The van der Waals surface area contributed by atoms with Gasteiger partial charge < -0.3 is 10.2 Å². The first-order valence-corrected chi connectivity index (χ1v) is 9.88. The Morgan fingerprint density at radius 1 is 1.13 bits per heavy atom. The molecule has 3 N–H and O–H groups in total. The van der Waals surface area contributed by atoms with Gasteiger partial charge in [0.25, 0.3) is 0 Å². The minimum Gasteiger partial charge on any atom is -0.369 e. The Labute approximate surface area is 138 Å². The van der Waals surface area contributed by atoms with Crippen LogP contribution in [0.4, 0.5) is 5.69 Å². The lowest BCUT2D eigenvalue weighted by molar-refractivity contribution is 0.199. The number of rotatable bonds is 4. The molecule has 0 radical (unpaired) electrons. The Bertz CT molecular complexity index is 603. The van der Waals surface area contributed by atoms with Gasteiger partial charge in [-0.15, -0.1) is 0 Å². The number of sulfonamides is 1. The van der Waals surface area contributed by atoms with E-state index in [1.807, 2.05) is 12.1 Å². The second-order valence-electron chi connectivity index (χ2n) is 6.54. The zero-order valence-electron chi connectivity index (χ0n) is 13.4. The fraction of sp³-hybridized carbons (Fsp3) is 0.625. The van der Waals surface area contributed by atoms with E-state index >= 15 is 0 Å². The highest BCUT2D eigenvalue weighted by Gasteiger charge is 2.21. The number of hydrogen-bond donors (Lipinski definition) is 2. The average Bonchev–Trinajstić information content (AvgIpc) is 2.56. The van der Waals surface area contributed by atoms with Crippen molar-refractivity contribution in [2.45, 2.75) is 17.7 Å². The Kier molecular flexibility index (Phi) is 5.21. The molecule has 128 valence electrons. The van der Waals surface area contributed by atoms with Crippen LogP contribution in [0.25, 0.3) is 0 Å². The second kappa shape index (κ2) is 7.17. The van der Waals surface area contributed by atoms with Crippen LogP contribution >= 0.6 is 0 Å². The van der Waals surface area contributed by atoms with Gasteiger partial charge in [-0.25, -0.2) is 13.6 Å². The van der Waals surface area contributed by atoms with Crippen molar-refractivity contribution in [3.8, 4) is 0 Å². The summed E-state index contributed by atoms with van der Waals surface area (Å²) in [4.78, 5) is 5.03. The molecule has 0 aromatic heterocycles. The summed E-state index contributed by atoms with van der Waals surface area (Å²) in [6.07, 6.45) is 2.63. The molecule has 0 bridgehead atoms. The molecular weight excluding hydrogens is 312 g/mol. The van der Waals surface area contributed by atoms with Crippen molar-refractivity contribution in [1.82, 2.24) is 10.2 Å². The van der Waals surface area contributed by atoms with E-state index in [9.17, 15) is 8.42 Å². The highest BCUT2D eigenvalue weighted by Crippen LogP contribution is 2.20. The van der Waals surface area contributed by atoms with E-state index in [4.69, 9.17) is 5.14 Å². The molecule has 1 aromatic rings. The van der Waals surface area contributed by atoms with Gasteiger partial charge in [0.1, 0.15) is 0 Å². The quantitative estimate of drug-likeness (QED) is 0.834. The van der Waals surface area contributed by atoms with Crippen molar-refractivity contribution in [1.29, 1.82) is 0 Å². The van der Waals surface area contributed by atoms with Crippen molar-refractivity contribution in [2.24, 2.45) is 11.1 Å². The third-order valence-electron chi connectivity index (χ3n) is 4.82. The number of piperazine rings is 1. The SMILES string of the molecule is NS(=O)(=O)c1ccc(N2CCN(CC3CCCNC3)CC2)cc1. The van der Waals surface area contributed by atoms with Gasteiger partial charge in [-0.1, -0.05) is 0 Å². The fourth-order valence-corrected chi connectivity index (χ4v) is 4.00. The molecule has 2 aliphatic heterocycles. The van der Waals surface area contributed by atoms with Crippen LogP contribution in [0, 0.1) is 5.92 Å². The highest BCUT2D eigenvalue weighted by molar-refractivity contribution is 7.89. The first-order chi connectivity index (χ1) is 11.0. The van der Waals surface area contributed by atoms with Crippen molar-refractivity contribution in [2.75, 3.05) is 50.7 Å². The summed E-state index contributed by atoms with van der Waals surface area (Å²) in [6.45, 7) is 7.59. The normalized spacial score (nSPS) is 23.9. The number of nitrogens with two attached hydrogens (primary N) is 1. The Morgan fingerprint density at radius 2 is 1.83 bits per heavy atom. The standard InChI is InChI=1S/C16H26N4O2S/c17-23(21,22)16-5-3-15(4-6-16)20-10-8-19(9-11-20)13-14-2-1-7-18-12-14/h3-6,14,18H,1-2,7-13H2,(H2,17,21,22). The van der Waals surface area contributed by atoms with Gasteiger partial charge in [0.2, 0.25) is 10.0 Å². The van der Waals surface area contributed by atoms with Gasteiger partial charge >= 0.3 is 0 Å². The first kappa shape index (κ1) is 16.7. The summed E-state index contributed by atoms with van der Waals surface area (Å²) in [5.41, 5.74) is 1.07. The molecule has 23 heavy (non-hydrogen) atoms. The molecule has 1 atom stereocenters. The van der Waals surface area contributed by atoms with Gasteiger partial charge in [0.15, 0.2) is 0 Å². The summed E-state index contributed by atoms with van der Waals surface area (Å²) in [5.74, 6) is 0.782. The van der Waals surface area contributed by atoms with Crippen LogP contribution in [-0.4, -0.2) is 59.1 Å². The van der Waals surface area contributed by atoms with Gasteiger partial charge in [0, 0.05) is 38.4 Å². The van der Waals surface area contributed by atoms with Gasteiger partial charge in [-0.3, -0.25) is 4.90 Å². The van der Waals surface area contributed by atoms with Gasteiger partial charge in [0.05, 0.1) is 4.90 Å². The Hall–Kier alpha value is -1.15. The Morgan fingerprint density at radius 3 is 2.39 bits per heavy atom. The minimum atomic E-state index is -3.61. The smallest absolute Gasteiger partial charge is 0.238 e. The van der Waals surface area contributed by atoms with Gasteiger partial charge in [-0.05, 0) is 56.1 Å². The molecule has 0 saturated carbocycles. The van der Waals surface area contributed by atoms with E-state index in [2.05, 4.69) is 15.1 Å². The lowest BCUT2D eigenvalue weighted by Gasteiger charge is -2.38. The molecule has 3 rings (SSSR count). The lowest BCUT2D eigenvalue weighted by atomic mass is 9.99. The maximum Gasteiger partial charge on any atom is 0.238 e. The van der Waals surface area contributed by atoms with E-state index in [1.165, 1.54) is 25.9 Å². The summed E-state index contributed by atoms with van der Waals surface area (Å²) in [5, 5.41) is 8.62. The molecule has 2 heterocycles.